The molecule has 108 valence electrons. The van der Waals surface area contributed by atoms with Crippen LogP contribution >= 0.6 is 11.6 Å². The Morgan fingerprint density at radius 2 is 2.00 bits per heavy atom. The van der Waals surface area contributed by atoms with Crippen LogP contribution in [-0.2, 0) is 6.42 Å². The van der Waals surface area contributed by atoms with Crippen molar-refractivity contribution < 1.29 is 4.79 Å². The maximum atomic E-state index is 11.8. The van der Waals surface area contributed by atoms with Crippen LogP contribution < -0.4 is 10.6 Å². The summed E-state index contributed by atoms with van der Waals surface area (Å²) >= 11 is 5.89. The van der Waals surface area contributed by atoms with Crippen LogP contribution in [-0.4, -0.2) is 6.03 Å². The number of hydrogen-bond acceptors (Lipinski definition) is 1. The molecule has 3 nitrogen and oxygen atoms in total. The zero-order valence-electron chi connectivity index (χ0n) is 11.8. The molecule has 0 radical (unpaired) electrons. The van der Waals surface area contributed by atoms with E-state index in [0.717, 1.165) is 23.2 Å². The predicted molar refractivity (Wildman–Crippen MR) is 88.5 cm³/mol. The Kier molecular flexibility index (Phi) is 5.41. The van der Waals surface area contributed by atoms with Crippen LogP contribution in [0.3, 0.4) is 0 Å². The van der Waals surface area contributed by atoms with Gasteiger partial charge in [0.25, 0.3) is 0 Å². The second-order valence-corrected chi connectivity index (χ2v) is 4.93. The highest BCUT2D eigenvalue weighted by atomic mass is 35.5. The van der Waals surface area contributed by atoms with Gasteiger partial charge in [-0.25, -0.2) is 4.79 Å². The zero-order chi connectivity index (χ0) is 15.1. The largest absolute Gasteiger partial charge is 0.323 e. The van der Waals surface area contributed by atoms with Gasteiger partial charge in [-0.3, -0.25) is 0 Å². The second-order valence-electron chi connectivity index (χ2n) is 4.50. The number of carbonyl (C=O) groups excluding carboxylic acids is 1. The smallest absolute Gasteiger partial charge is 0.314 e. The highest BCUT2D eigenvalue weighted by Crippen LogP contribution is 2.15. The lowest BCUT2D eigenvalue weighted by atomic mass is 10.1. The molecular weight excluding hydrogens is 284 g/mol. The fourth-order valence-corrected chi connectivity index (χ4v) is 2.13. The third kappa shape index (κ3) is 4.65. The molecule has 0 fully saturated rings. The minimum atomic E-state index is -0.269. The van der Waals surface area contributed by atoms with Gasteiger partial charge in [-0.05, 0) is 41.8 Å². The molecule has 0 aromatic heterocycles. The van der Waals surface area contributed by atoms with Gasteiger partial charge in [0, 0.05) is 16.9 Å². The first-order chi connectivity index (χ1) is 10.2. The van der Waals surface area contributed by atoms with Crippen molar-refractivity contribution in [2.45, 2.75) is 13.3 Å². The van der Waals surface area contributed by atoms with Gasteiger partial charge in [0.1, 0.15) is 0 Å². The molecule has 0 atom stereocenters. The lowest BCUT2D eigenvalue weighted by molar-refractivity contribution is 0.255. The molecule has 2 rings (SSSR count). The van der Waals surface area contributed by atoms with Gasteiger partial charge in [0.05, 0.1) is 0 Å². The Morgan fingerprint density at radius 3 is 2.76 bits per heavy atom. The molecule has 4 heteroatoms. The number of hydrogen-bond donors (Lipinski definition) is 2. The first kappa shape index (κ1) is 15.1. The van der Waals surface area contributed by atoms with Gasteiger partial charge in [0.2, 0.25) is 0 Å². The van der Waals surface area contributed by atoms with E-state index in [2.05, 4.69) is 17.6 Å². The Balaban J connectivity index is 1.93. The average molecular weight is 301 g/mol. The van der Waals surface area contributed by atoms with Crippen molar-refractivity contribution in [1.82, 2.24) is 5.32 Å². The van der Waals surface area contributed by atoms with Gasteiger partial charge < -0.3 is 10.6 Å². The van der Waals surface area contributed by atoms with Gasteiger partial charge >= 0.3 is 6.03 Å². The molecule has 0 heterocycles. The predicted octanol–water partition coefficient (Wildman–Crippen LogP) is 4.69. The fraction of sp³-hybridized carbons (Fsp3) is 0.118. The lowest BCUT2D eigenvalue weighted by Gasteiger charge is -2.08. The van der Waals surface area contributed by atoms with E-state index in [0.29, 0.717) is 5.02 Å². The Bertz CT molecular complexity index is 653. The van der Waals surface area contributed by atoms with Crippen molar-refractivity contribution in [1.29, 1.82) is 0 Å². The summed E-state index contributed by atoms with van der Waals surface area (Å²) in [4.78, 5) is 11.8. The van der Waals surface area contributed by atoms with Gasteiger partial charge in [-0.15, -0.1) is 0 Å². The average Bonchev–Trinajstić information content (AvgIpc) is 2.48. The lowest BCUT2D eigenvalue weighted by Crippen LogP contribution is -2.24. The summed E-state index contributed by atoms with van der Waals surface area (Å²) < 4.78 is 0. The van der Waals surface area contributed by atoms with Gasteiger partial charge in [-0.1, -0.05) is 48.9 Å². The van der Waals surface area contributed by atoms with E-state index < -0.39 is 0 Å². The van der Waals surface area contributed by atoms with Crippen LogP contribution in [0.5, 0.6) is 0 Å². The van der Waals surface area contributed by atoms with E-state index in [-0.39, 0.29) is 6.03 Å². The first-order valence-electron chi connectivity index (χ1n) is 6.76. The topological polar surface area (TPSA) is 41.1 Å². The van der Waals surface area contributed by atoms with Crippen LogP contribution in [0.4, 0.5) is 10.5 Å². The number of rotatable bonds is 4. The molecular formula is C17H17ClN2O. The molecule has 0 aliphatic heterocycles. The number of aryl methyl sites for hydroxylation is 1. The molecule has 0 aliphatic carbocycles. The second kappa shape index (κ2) is 7.50. The highest BCUT2D eigenvalue weighted by molar-refractivity contribution is 6.30. The summed E-state index contributed by atoms with van der Waals surface area (Å²) in [7, 11) is 0. The monoisotopic (exact) mass is 300 g/mol. The molecule has 0 spiro atoms. The standard InChI is InChI=1S/C17H17ClN2O/c1-2-14-7-3-4-9-16(14)20-17(21)19-11-10-13-6-5-8-15(18)12-13/h3-12H,2H2,1H3,(H2,19,20,21)/b11-10+. The van der Waals surface area contributed by atoms with Gasteiger partial charge in [0.15, 0.2) is 0 Å². The summed E-state index contributed by atoms with van der Waals surface area (Å²) in [5, 5.41) is 6.17. The maximum Gasteiger partial charge on any atom is 0.323 e. The number of carbonyl (C=O) groups is 1. The molecule has 2 amide bonds. The number of anilines is 1. The van der Waals surface area contributed by atoms with Crippen LogP contribution in [0, 0.1) is 0 Å². The summed E-state index contributed by atoms with van der Waals surface area (Å²) in [6, 6.07) is 14.9. The molecule has 0 saturated heterocycles. The quantitative estimate of drug-likeness (QED) is 0.844. The van der Waals surface area contributed by atoms with Crippen molar-refractivity contribution in [3.63, 3.8) is 0 Å². The van der Waals surface area contributed by atoms with Crippen LogP contribution in [0.15, 0.2) is 54.7 Å². The van der Waals surface area contributed by atoms with Crippen LogP contribution in [0.25, 0.3) is 6.08 Å². The number of nitrogens with one attached hydrogen (secondary N) is 2. The molecule has 0 saturated carbocycles. The number of benzene rings is 2. The van der Waals surface area contributed by atoms with Crippen LogP contribution in [0.2, 0.25) is 5.02 Å². The number of halogens is 1. The number of amides is 2. The molecule has 2 N–H and O–H groups in total. The van der Waals surface area contributed by atoms with Gasteiger partial charge in [-0.2, -0.15) is 0 Å². The number of para-hydroxylation sites is 1. The molecule has 2 aromatic carbocycles. The van der Waals surface area contributed by atoms with E-state index in [1.54, 1.807) is 18.3 Å². The van der Waals surface area contributed by atoms with Crippen molar-refractivity contribution in [3.8, 4) is 0 Å². The zero-order valence-corrected chi connectivity index (χ0v) is 12.5. The molecule has 21 heavy (non-hydrogen) atoms. The van der Waals surface area contributed by atoms with E-state index >= 15 is 0 Å². The Morgan fingerprint density at radius 1 is 1.19 bits per heavy atom. The van der Waals surface area contributed by atoms with Crippen LogP contribution in [0.1, 0.15) is 18.1 Å². The van der Waals surface area contributed by atoms with E-state index in [4.69, 9.17) is 11.6 Å². The molecule has 2 aromatic rings. The molecule has 0 unspecified atom stereocenters. The summed E-state index contributed by atoms with van der Waals surface area (Å²) in [6.45, 7) is 2.05. The minimum absolute atomic E-state index is 0.269. The van der Waals surface area contributed by atoms with Crippen molar-refractivity contribution in [2.75, 3.05) is 5.32 Å². The normalized spacial score (nSPS) is 10.6. The fourth-order valence-electron chi connectivity index (χ4n) is 1.93. The minimum Gasteiger partial charge on any atom is -0.314 e. The first-order valence-corrected chi connectivity index (χ1v) is 7.14. The number of urea groups is 1. The summed E-state index contributed by atoms with van der Waals surface area (Å²) in [5.74, 6) is 0. The Labute approximate surface area is 129 Å². The summed E-state index contributed by atoms with van der Waals surface area (Å²) in [5.41, 5.74) is 2.86. The Hall–Kier alpha value is -2.26. The van der Waals surface area contributed by atoms with E-state index in [9.17, 15) is 4.79 Å². The molecule has 0 bridgehead atoms. The van der Waals surface area contributed by atoms with Crippen molar-refractivity contribution in [3.05, 3.63) is 70.9 Å². The maximum absolute atomic E-state index is 11.8. The van der Waals surface area contributed by atoms with Crippen molar-refractivity contribution in [2.24, 2.45) is 0 Å². The highest BCUT2D eigenvalue weighted by Gasteiger charge is 2.03. The summed E-state index contributed by atoms with van der Waals surface area (Å²) in [6.07, 6.45) is 4.25. The van der Waals surface area contributed by atoms with E-state index in [1.807, 2.05) is 42.5 Å². The SMILES string of the molecule is CCc1ccccc1NC(=O)N/C=C/c1cccc(Cl)c1. The molecule has 0 aliphatic rings. The van der Waals surface area contributed by atoms with Crippen molar-refractivity contribution >= 4 is 29.4 Å². The third-order valence-corrected chi connectivity index (χ3v) is 3.22. The third-order valence-electron chi connectivity index (χ3n) is 2.99. The van der Waals surface area contributed by atoms with E-state index in [1.165, 1.54) is 0 Å².